The van der Waals surface area contributed by atoms with E-state index < -0.39 is 17.5 Å². The Morgan fingerprint density at radius 1 is 1.25 bits per heavy atom. The number of hydrogen-bond acceptors (Lipinski definition) is 5. The summed E-state index contributed by atoms with van der Waals surface area (Å²) in [5.74, 6) is 0. The molecule has 86 valence electrons. The smallest absolute Gasteiger partial charge is 0.269 e. The van der Waals surface area contributed by atoms with Gasteiger partial charge in [0.1, 0.15) is 0 Å². The number of benzene rings is 1. The van der Waals surface area contributed by atoms with Crippen LogP contribution >= 0.6 is 0 Å². The summed E-state index contributed by atoms with van der Waals surface area (Å²) in [6.45, 7) is 0. The number of ether oxygens (including phenoxy) is 3. The Balaban J connectivity index is 2.44. The molecule has 0 saturated heterocycles. The summed E-state index contributed by atoms with van der Waals surface area (Å²) < 4.78 is 15.6. The maximum absolute atomic E-state index is 10.6. The number of rotatable bonds is 3. The fourth-order valence-corrected chi connectivity index (χ4v) is 1.72. The first-order valence-electron chi connectivity index (χ1n) is 4.66. The van der Waals surface area contributed by atoms with Crippen LogP contribution in [0.2, 0.25) is 0 Å². The second-order valence-electron chi connectivity index (χ2n) is 3.34. The van der Waals surface area contributed by atoms with E-state index in [-0.39, 0.29) is 5.69 Å². The van der Waals surface area contributed by atoms with Gasteiger partial charge in [0.15, 0.2) is 12.6 Å². The highest BCUT2D eigenvalue weighted by Crippen LogP contribution is 2.41. The highest BCUT2D eigenvalue weighted by atomic mass is 16.8. The summed E-state index contributed by atoms with van der Waals surface area (Å²) in [4.78, 5) is 10.2. The van der Waals surface area contributed by atoms with E-state index in [9.17, 15) is 10.1 Å². The standard InChI is InChI=1S/C10H11NO5/c1-14-9-7-4-3-6(11(12)13)5-8(7)10(15-2)16-9/h3-5,9-10H,1-2H3/t9-,10+/m0/s1. The van der Waals surface area contributed by atoms with Gasteiger partial charge >= 0.3 is 0 Å². The van der Waals surface area contributed by atoms with Crippen molar-refractivity contribution in [1.82, 2.24) is 0 Å². The van der Waals surface area contributed by atoms with Gasteiger partial charge in [-0.25, -0.2) is 0 Å². The summed E-state index contributed by atoms with van der Waals surface area (Å²) >= 11 is 0. The largest absolute Gasteiger partial charge is 0.352 e. The van der Waals surface area contributed by atoms with Crippen LogP contribution in [0.25, 0.3) is 0 Å². The van der Waals surface area contributed by atoms with E-state index in [1.54, 1.807) is 6.07 Å². The van der Waals surface area contributed by atoms with Crippen molar-refractivity contribution in [2.45, 2.75) is 12.6 Å². The zero-order valence-electron chi connectivity index (χ0n) is 8.88. The van der Waals surface area contributed by atoms with Crippen molar-refractivity contribution in [1.29, 1.82) is 0 Å². The lowest BCUT2D eigenvalue weighted by molar-refractivity contribution is -0.385. The van der Waals surface area contributed by atoms with Gasteiger partial charge in [-0.15, -0.1) is 0 Å². The molecule has 0 saturated carbocycles. The summed E-state index contributed by atoms with van der Waals surface area (Å²) in [5.41, 5.74) is 1.42. The fourth-order valence-electron chi connectivity index (χ4n) is 1.72. The third kappa shape index (κ3) is 1.67. The van der Waals surface area contributed by atoms with Crippen molar-refractivity contribution < 1.29 is 19.1 Å². The number of fused-ring (bicyclic) bond motifs is 1. The zero-order valence-corrected chi connectivity index (χ0v) is 8.88. The molecule has 0 aliphatic carbocycles. The lowest BCUT2D eigenvalue weighted by Gasteiger charge is -2.10. The van der Waals surface area contributed by atoms with Gasteiger partial charge in [-0.05, 0) is 6.07 Å². The van der Waals surface area contributed by atoms with Crippen LogP contribution in [0.15, 0.2) is 18.2 Å². The molecule has 2 atom stereocenters. The highest BCUT2D eigenvalue weighted by Gasteiger charge is 2.33. The number of nitro benzene ring substituents is 1. The molecule has 1 aromatic carbocycles. The van der Waals surface area contributed by atoms with E-state index in [1.165, 1.54) is 26.4 Å². The molecule has 0 aromatic heterocycles. The maximum atomic E-state index is 10.6. The Bertz CT molecular complexity index is 420. The summed E-state index contributed by atoms with van der Waals surface area (Å²) in [6.07, 6.45) is -1.14. The Hall–Kier alpha value is -1.50. The Morgan fingerprint density at radius 2 is 1.88 bits per heavy atom. The van der Waals surface area contributed by atoms with Crippen molar-refractivity contribution in [3.63, 3.8) is 0 Å². The first-order chi connectivity index (χ1) is 7.67. The first-order valence-corrected chi connectivity index (χ1v) is 4.66. The molecule has 1 aliphatic rings. The van der Waals surface area contributed by atoms with Gasteiger partial charge < -0.3 is 14.2 Å². The van der Waals surface area contributed by atoms with Crippen LogP contribution in [-0.4, -0.2) is 19.1 Å². The number of methoxy groups -OCH3 is 2. The van der Waals surface area contributed by atoms with E-state index in [4.69, 9.17) is 14.2 Å². The second kappa shape index (κ2) is 4.17. The van der Waals surface area contributed by atoms with Crippen molar-refractivity contribution in [2.75, 3.05) is 14.2 Å². The van der Waals surface area contributed by atoms with Crippen molar-refractivity contribution >= 4 is 5.69 Å². The molecule has 0 fully saturated rings. The minimum absolute atomic E-state index is 0.0150. The Morgan fingerprint density at radius 3 is 2.44 bits per heavy atom. The average molecular weight is 225 g/mol. The van der Waals surface area contributed by atoms with Gasteiger partial charge in [0, 0.05) is 37.5 Å². The lowest BCUT2D eigenvalue weighted by Crippen LogP contribution is -2.01. The van der Waals surface area contributed by atoms with Gasteiger partial charge in [0.2, 0.25) is 0 Å². The molecular weight excluding hydrogens is 214 g/mol. The molecule has 1 aromatic rings. The Labute approximate surface area is 91.9 Å². The van der Waals surface area contributed by atoms with E-state index >= 15 is 0 Å². The van der Waals surface area contributed by atoms with Crippen LogP contribution in [-0.2, 0) is 14.2 Å². The van der Waals surface area contributed by atoms with Crippen LogP contribution in [0, 0.1) is 10.1 Å². The molecule has 2 rings (SSSR count). The Kier molecular flexibility index (Phi) is 2.86. The van der Waals surface area contributed by atoms with Crippen LogP contribution in [0.4, 0.5) is 5.69 Å². The SMILES string of the molecule is CO[C@@H]1O[C@H](OC)c2ccc([N+](=O)[O-])cc21. The average Bonchev–Trinajstić information content (AvgIpc) is 2.65. The predicted octanol–water partition coefficient (Wildman–Crippen LogP) is 1.91. The highest BCUT2D eigenvalue weighted by molar-refractivity contribution is 5.42. The van der Waals surface area contributed by atoms with Gasteiger partial charge in [-0.1, -0.05) is 0 Å². The van der Waals surface area contributed by atoms with E-state index in [1.807, 2.05) is 0 Å². The fraction of sp³-hybridized carbons (Fsp3) is 0.400. The van der Waals surface area contributed by atoms with Crippen LogP contribution < -0.4 is 0 Å². The first kappa shape index (κ1) is 11.0. The van der Waals surface area contributed by atoms with Gasteiger partial charge in [-0.3, -0.25) is 10.1 Å². The number of nitro groups is 1. The molecule has 1 heterocycles. The van der Waals surface area contributed by atoms with E-state index in [0.29, 0.717) is 5.56 Å². The number of nitrogens with zero attached hydrogens (tertiary/aromatic N) is 1. The third-order valence-corrected chi connectivity index (χ3v) is 2.46. The molecule has 0 N–H and O–H groups in total. The minimum atomic E-state index is -0.611. The van der Waals surface area contributed by atoms with Gasteiger partial charge in [0.05, 0.1) is 4.92 Å². The normalized spacial score (nSPS) is 23.1. The van der Waals surface area contributed by atoms with E-state index in [0.717, 1.165) is 5.56 Å². The molecule has 16 heavy (non-hydrogen) atoms. The van der Waals surface area contributed by atoms with Crippen molar-refractivity contribution in [2.24, 2.45) is 0 Å². The molecular formula is C10H11NO5. The molecule has 0 bridgehead atoms. The summed E-state index contributed by atoms with van der Waals surface area (Å²) in [7, 11) is 2.99. The lowest BCUT2D eigenvalue weighted by atomic mass is 10.1. The van der Waals surface area contributed by atoms with Crippen LogP contribution in [0.1, 0.15) is 23.7 Å². The maximum Gasteiger partial charge on any atom is 0.269 e. The topological polar surface area (TPSA) is 70.8 Å². The molecule has 0 spiro atoms. The van der Waals surface area contributed by atoms with Crippen molar-refractivity contribution in [3.05, 3.63) is 39.4 Å². The molecule has 6 nitrogen and oxygen atoms in total. The van der Waals surface area contributed by atoms with Gasteiger partial charge in [-0.2, -0.15) is 0 Å². The van der Waals surface area contributed by atoms with Gasteiger partial charge in [0.25, 0.3) is 5.69 Å². The molecule has 0 unspecified atom stereocenters. The monoisotopic (exact) mass is 225 g/mol. The summed E-state index contributed by atoms with van der Waals surface area (Å²) in [6, 6.07) is 4.50. The quantitative estimate of drug-likeness (QED) is 0.580. The van der Waals surface area contributed by atoms with Crippen molar-refractivity contribution in [3.8, 4) is 0 Å². The van der Waals surface area contributed by atoms with E-state index in [2.05, 4.69) is 0 Å². The van der Waals surface area contributed by atoms with Crippen LogP contribution in [0.3, 0.4) is 0 Å². The third-order valence-electron chi connectivity index (χ3n) is 2.46. The summed E-state index contributed by atoms with van der Waals surface area (Å²) in [5, 5.41) is 10.6. The number of hydrogen-bond donors (Lipinski definition) is 0. The number of non-ortho nitro benzene ring substituents is 1. The molecule has 6 heteroatoms. The molecule has 1 aliphatic heterocycles. The predicted molar refractivity (Wildman–Crippen MR) is 53.7 cm³/mol. The molecule has 0 radical (unpaired) electrons. The van der Waals surface area contributed by atoms with Crippen LogP contribution in [0.5, 0.6) is 0 Å². The zero-order chi connectivity index (χ0) is 11.7. The second-order valence-corrected chi connectivity index (χ2v) is 3.34. The molecule has 0 amide bonds. The minimum Gasteiger partial charge on any atom is -0.352 e.